The Morgan fingerprint density at radius 3 is 2.48 bits per heavy atom. The Hall–Kier alpha value is -2.16. The lowest BCUT2D eigenvalue weighted by atomic mass is 10.1. The maximum Gasteiger partial charge on any atom is 0.144 e. The lowest BCUT2D eigenvalue weighted by molar-refractivity contribution is 0.319. The van der Waals surface area contributed by atoms with E-state index in [-0.39, 0.29) is 0 Å². The first-order chi connectivity index (χ1) is 10.3. The summed E-state index contributed by atoms with van der Waals surface area (Å²) in [5.41, 5.74) is 10.8. The van der Waals surface area contributed by atoms with E-state index in [4.69, 9.17) is 10.5 Å². The van der Waals surface area contributed by atoms with Crippen molar-refractivity contribution in [2.24, 2.45) is 0 Å². The molecule has 0 spiro atoms. The summed E-state index contributed by atoms with van der Waals surface area (Å²) in [5, 5.41) is 3.57. The fourth-order valence-electron chi connectivity index (χ4n) is 2.89. The van der Waals surface area contributed by atoms with E-state index in [9.17, 15) is 0 Å². The van der Waals surface area contributed by atoms with E-state index in [1.54, 1.807) is 0 Å². The van der Waals surface area contributed by atoms with Gasteiger partial charge in [-0.2, -0.15) is 0 Å². The quantitative estimate of drug-likeness (QED) is 0.823. The molecule has 21 heavy (non-hydrogen) atoms. The highest BCUT2D eigenvalue weighted by Gasteiger charge is 2.21. The largest absolute Gasteiger partial charge is 0.491 e. The van der Waals surface area contributed by atoms with E-state index in [0.717, 1.165) is 30.7 Å². The summed E-state index contributed by atoms with van der Waals surface area (Å²) in [6, 6.07) is 15.0. The molecule has 110 valence electrons. The average molecular weight is 282 g/mol. The van der Waals surface area contributed by atoms with Gasteiger partial charge in [0.15, 0.2) is 0 Å². The standard InChI is InChI=1S/C18H22N2O/c1-2-10-21-17-9-5-8-16(18(17)19)20-15-11-13-6-3-4-7-14(13)12-15/h3-9,15,20H,2,10-12,19H2,1H3. The first-order valence-corrected chi connectivity index (χ1v) is 7.62. The molecule has 0 bridgehead atoms. The van der Waals surface area contributed by atoms with Gasteiger partial charge < -0.3 is 15.8 Å². The minimum Gasteiger partial charge on any atom is -0.491 e. The Kier molecular flexibility index (Phi) is 4.00. The van der Waals surface area contributed by atoms with Crippen LogP contribution in [-0.4, -0.2) is 12.6 Å². The van der Waals surface area contributed by atoms with Crippen molar-refractivity contribution in [3.63, 3.8) is 0 Å². The molecule has 2 aromatic carbocycles. The fourth-order valence-corrected chi connectivity index (χ4v) is 2.89. The third-order valence-electron chi connectivity index (χ3n) is 3.94. The van der Waals surface area contributed by atoms with Crippen LogP contribution in [0.2, 0.25) is 0 Å². The van der Waals surface area contributed by atoms with Gasteiger partial charge in [0.2, 0.25) is 0 Å². The molecule has 0 radical (unpaired) electrons. The Balaban J connectivity index is 1.72. The van der Waals surface area contributed by atoms with Gasteiger partial charge in [-0.05, 0) is 42.5 Å². The zero-order chi connectivity index (χ0) is 14.7. The van der Waals surface area contributed by atoms with E-state index in [1.165, 1.54) is 11.1 Å². The zero-order valence-corrected chi connectivity index (χ0v) is 12.4. The summed E-state index contributed by atoms with van der Waals surface area (Å²) < 4.78 is 5.69. The first kappa shape index (κ1) is 13.8. The van der Waals surface area contributed by atoms with Crippen LogP contribution < -0.4 is 15.8 Å². The van der Waals surface area contributed by atoms with E-state index < -0.39 is 0 Å². The molecule has 0 amide bonds. The maximum atomic E-state index is 6.22. The van der Waals surface area contributed by atoms with Crippen molar-refractivity contribution in [2.45, 2.75) is 32.2 Å². The lowest BCUT2D eigenvalue weighted by Gasteiger charge is -2.17. The molecular formula is C18H22N2O. The summed E-state index contributed by atoms with van der Waals surface area (Å²) in [4.78, 5) is 0. The number of benzene rings is 2. The highest BCUT2D eigenvalue weighted by molar-refractivity contribution is 5.73. The molecular weight excluding hydrogens is 260 g/mol. The first-order valence-electron chi connectivity index (χ1n) is 7.62. The van der Waals surface area contributed by atoms with Crippen molar-refractivity contribution in [3.8, 4) is 5.75 Å². The lowest BCUT2D eigenvalue weighted by Crippen LogP contribution is -2.20. The number of hydrogen-bond acceptors (Lipinski definition) is 3. The number of nitrogens with two attached hydrogens (primary N) is 1. The van der Waals surface area contributed by atoms with Crippen molar-refractivity contribution < 1.29 is 4.74 Å². The molecule has 0 atom stereocenters. The van der Waals surface area contributed by atoms with Gasteiger partial charge in [0.05, 0.1) is 18.0 Å². The van der Waals surface area contributed by atoms with Gasteiger partial charge in [-0.3, -0.25) is 0 Å². The normalized spacial score (nSPS) is 14.0. The van der Waals surface area contributed by atoms with E-state index in [2.05, 4.69) is 36.5 Å². The smallest absolute Gasteiger partial charge is 0.144 e. The number of fused-ring (bicyclic) bond motifs is 1. The molecule has 0 saturated heterocycles. The summed E-state index contributed by atoms with van der Waals surface area (Å²) in [5.74, 6) is 0.775. The van der Waals surface area contributed by atoms with E-state index in [0.29, 0.717) is 18.3 Å². The van der Waals surface area contributed by atoms with Crippen molar-refractivity contribution in [1.29, 1.82) is 0 Å². The molecule has 3 nitrogen and oxygen atoms in total. The van der Waals surface area contributed by atoms with Gasteiger partial charge in [0.25, 0.3) is 0 Å². The monoisotopic (exact) mass is 282 g/mol. The minimum atomic E-state index is 0.408. The van der Waals surface area contributed by atoms with Crippen LogP contribution in [0.5, 0.6) is 5.75 Å². The summed E-state index contributed by atoms with van der Waals surface area (Å²) in [7, 11) is 0. The van der Waals surface area contributed by atoms with Crippen LogP contribution in [0.1, 0.15) is 24.5 Å². The van der Waals surface area contributed by atoms with Crippen molar-refractivity contribution in [3.05, 3.63) is 53.6 Å². The van der Waals surface area contributed by atoms with E-state index >= 15 is 0 Å². The van der Waals surface area contributed by atoms with Gasteiger partial charge in [0.1, 0.15) is 5.75 Å². The van der Waals surface area contributed by atoms with Crippen LogP contribution in [-0.2, 0) is 12.8 Å². The van der Waals surface area contributed by atoms with Gasteiger partial charge in [-0.1, -0.05) is 37.3 Å². The second-order valence-electron chi connectivity index (χ2n) is 5.58. The molecule has 0 unspecified atom stereocenters. The van der Waals surface area contributed by atoms with Gasteiger partial charge >= 0.3 is 0 Å². The number of rotatable bonds is 5. The molecule has 0 aromatic heterocycles. The highest BCUT2D eigenvalue weighted by atomic mass is 16.5. The van der Waals surface area contributed by atoms with Crippen LogP contribution in [0.4, 0.5) is 11.4 Å². The molecule has 0 aliphatic heterocycles. The predicted octanol–water partition coefficient (Wildman–Crippen LogP) is 3.64. The van der Waals surface area contributed by atoms with Crippen LogP contribution in [0.3, 0.4) is 0 Å². The molecule has 3 N–H and O–H groups in total. The number of ether oxygens (including phenoxy) is 1. The highest BCUT2D eigenvalue weighted by Crippen LogP contribution is 2.32. The molecule has 2 aromatic rings. The number of para-hydroxylation sites is 1. The molecule has 1 aliphatic rings. The van der Waals surface area contributed by atoms with Gasteiger partial charge in [-0.15, -0.1) is 0 Å². The molecule has 0 heterocycles. The Bertz CT molecular complexity index is 599. The second kappa shape index (κ2) is 6.08. The fraction of sp³-hybridized carbons (Fsp3) is 0.333. The van der Waals surface area contributed by atoms with Crippen LogP contribution >= 0.6 is 0 Å². The van der Waals surface area contributed by atoms with Crippen molar-refractivity contribution >= 4 is 11.4 Å². The van der Waals surface area contributed by atoms with Gasteiger partial charge in [-0.25, -0.2) is 0 Å². The average Bonchev–Trinajstić information content (AvgIpc) is 2.90. The molecule has 0 fully saturated rings. The van der Waals surface area contributed by atoms with Crippen LogP contribution in [0, 0.1) is 0 Å². The van der Waals surface area contributed by atoms with Crippen molar-refractivity contribution in [1.82, 2.24) is 0 Å². The summed E-state index contributed by atoms with van der Waals surface area (Å²) in [6.07, 6.45) is 3.08. The van der Waals surface area contributed by atoms with Crippen LogP contribution in [0.15, 0.2) is 42.5 Å². The number of nitrogens with one attached hydrogen (secondary N) is 1. The third-order valence-corrected chi connectivity index (χ3v) is 3.94. The Morgan fingerprint density at radius 2 is 1.81 bits per heavy atom. The minimum absolute atomic E-state index is 0.408. The predicted molar refractivity (Wildman–Crippen MR) is 87.9 cm³/mol. The maximum absolute atomic E-state index is 6.22. The van der Waals surface area contributed by atoms with Crippen molar-refractivity contribution in [2.75, 3.05) is 17.7 Å². The number of nitrogen functional groups attached to an aromatic ring is 1. The SMILES string of the molecule is CCCOc1cccc(NC2Cc3ccccc3C2)c1N. The topological polar surface area (TPSA) is 47.3 Å². The molecule has 0 saturated carbocycles. The van der Waals surface area contributed by atoms with Gasteiger partial charge in [0, 0.05) is 6.04 Å². The third kappa shape index (κ3) is 2.97. The zero-order valence-electron chi connectivity index (χ0n) is 12.4. The molecule has 1 aliphatic carbocycles. The second-order valence-corrected chi connectivity index (χ2v) is 5.58. The number of anilines is 2. The molecule has 3 rings (SSSR count). The number of hydrogen-bond donors (Lipinski definition) is 2. The summed E-state index contributed by atoms with van der Waals surface area (Å²) >= 11 is 0. The Morgan fingerprint density at radius 1 is 1.10 bits per heavy atom. The molecule has 3 heteroatoms. The van der Waals surface area contributed by atoms with Crippen LogP contribution in [0.25, 0.3) is 0 Å². The Labute approximate surface area is 126 Å². The van der Waals surface area contributed by atoms with E-state index in [1.807, 2.05) is 18.2 Å². The summed E-state index contributed by atoms with van der Waals surface area (Å²) in [6.45, 7) is 2.79.